The van der Waals surface area contributed by atoms with Crippen LogP contribution in [0.15, 0.2) is 115 Å². The maximum atomic E-state index is 7.25. The van der Waals surface area contributed by atoms with E-state index < -0.39 is 0 Å². The fourth-order valence-corrected chi connectivity index (χ4v) is 5.51. The first-order chi connectivity index (χ1) is 16.3. The van der Waals surface area contributed by atoms with Crippen molar-refractivity contribution in [2.24, 2.45) is 0 Å². The Morgan fingerprint density at radius 1 is 0.364 bits per heavy atom. The van der Waals surface area contributed by atoms with Crippen molar-refractivity contribution in [2.45, 2.75) is 0 Å². The third-order valence-electron chi connectivity index (χ3n) is 6.60. The van der Waals surface area contributed by atoms with Crippen LogP contribution in [0.25, 0.3) is 55.0 Å². The Kier molecular flexibility index (Phi) is 3.93. The van der Waals surface area contributed by atoms with Gasteiger partial charge in [0.15, 0.2) is 0 Å². The quantitative estimate of drug-likeness (QED) is 0.254. The number of benzene rings is 5. The van der Waals surface area contributed by atoms with E-state index in [9.17, 15) is 0 Å². The van der Waals surface area contributed by atoms with E-state index in [4.69, 9.17) is 11.6 Å². The van der Waals surface area contributed by atoms with Gasteiger partial charge in [-0.25, -0.2) is 0 Å². The van der Waals surface area contributed by atoms with Crippen LogP contribution in [-0.2, 0) is 0 Å². The van der Waals surface area contributed by atoms with Crippen molar-refractivity contribution in [3.8, 4) is 11.4 Å². The molecule has 156 valence electrons. The smallest absolute Gasteiger partial charge is 0.0887 e. The van der Waals surface area contributed by atoms with E-state index >= 15 is 0 Å². The van der Waals surface area contributed by atoms with Crippen molar-refractivity contribution in [3.63, 3.8) is 0 Å². The van der Waals surface area contributed by atoms with Crippen LogP contribution in [0.3, 0.4) is 0 Å². The van der Waals surface area contributed by atoms with E-state index in [0.717, 1.165) is 38.5 Å². The van der Waals surface area contributed by atoms with Gasteiger partial charge >= 0.3 is 0 Å². The Balaban J connectivity index is 1.60. The first-order valence-corrected chi connectivity index (χ1v) is 11.5. The number of hydrogen-bond acceptors (Lipinski definition) is 0. The molecule has 0 atom stereocenters. The van der Waals surface area contributed by atoms with Gasteiger partial charge in [0, 0.05) is 21.5 Å². The Morgan fingerprint density at radius 3 is 1.00 bits per heavy atom. The molecule has 0 saturated carbocycles. The van der Waals surface area contributed by atoms with Crippen LogP contribution < -0.4 is 0 Å². The molecule has 5 aromatic carbocycles. The highest BCUT2D eigenvalue weighted by molar-refractivity contribution is 6.35. The van der Waals surface area contributed by atoms with Crippen LogP contribution >= 0.6 is 11.6 Å². The second-order valence-corrected chi connectivity index (χ2v) is 8.73. The molecule has 0 aliphatic heterocycles. The van der Waals surface area contributed by atoms with Crippen LogP contribution in [0.5, 0.6) is 0 Å². The van der Waals surface area contributed by atoms with Crippen molar-refractivity contribution in [3.05, 3.63) is 120 Å². The Hall–Kier alpha value is -4.01. The van der Waals surface area contributed by atoms with Crippen molar-refractivity contribution in [2.75, 3.05) is 0 Å². The zero-order valence-electron chi connectivity index (χ0n) is 17.7. The third kappa shape index (κ3) is 2.56. The average Bonchev–Trinajstić information content (AvgIpc) is 3.38. The highest BCUT2D eigenvalue weighted by Crippen LogP contribution is 2.39. The van der Waals surface area contributed by atoms with Crippen LogP contribution in [-0.4, -0.2) is 9.13 Å². The van der Waals surface area contributed by atoms with Gasteiger partial charge in [0.05, 0.1) is 38.5 Å². The number of hydrogen-bond donors (Lipinski definition) is 0. The summed E-state index contributed by atoms with van der Waals surface area (Å²) in [6.45, 7) is 0. The second-order valence-electron chi connectivity index (χ2n) is 8.35. The monoisotopic (exact) mass is 442 g/mol. The Morgan fingerprint density at radius 2 is 0.667 bits per heavy atom. The lowest BCUT2D eigenvalue weighted by Gasteiger charge is -2.15. The van der Waals surface area contributed by atoms with Crippen molar-refractivity contribution in [1.82, 2.24) is 9.13 Å². The van der Waals surface area contributed by atoms with Gasteiger partial charge in [-0.2, -0.15) is 0 Å². The van der Waals surface area contributed by atoms with E-state index in [1.807, 2.05) is 0 Å². The molecule has 0 spiro atoms. The Labute approximate surface area is 195 Å². The Bertz CT molecular complexity index is 1600. The minimum atomic E-state index is 0.732. The van der Waals surface area contributed by atoms with Crippen molar-refractivity contribution >= 4 is 55.2 Å². The minimum Gasteiger partial charge on any atom is -0.308 e. The van der Waals surface area contributed by atoms with Gasteiger partial charge in [-0.05, 0) is 36.4 Å². The molecule has 7 rings (SSSR count). The van der Waals surface area contributed by atoms with Crippen LogP contribution in [0.4, 0.5) is 0 Å². The highest BCUT2D eigenvalue weighted by Gasteiger charge is 2.18. The van der Waals surface area contributed by atoms with Crippen molar-refractivity contribution in [1.29, 1.82) is 0 Å². The lowest BCUT2D eigenvalue weighted by Crippen LogP contribution is -2.00. The molecule has 2 aromatic heterocycles. The number of fused-ring (bicyclic) bond motifs is 6. The highest BCUT2D eigenvalue weighted by atomic mass is 35.5. The average molecular weight is 443 g/mol. The maximum Gasteiger partial charge on any atom is 0.0887 e. The summed E-state index contributed by atoms with van der Waals surface area (Å²) in [5, 5.41) is 5.64. The maximum absolute atomic E-state index is 7.25. The molecular weight excluding hydrogens is 424 g/mol. The lowest BCUT2D eigenvalue weighted by atomic mass is 10.2. The summed E-state index contributed by atoms with van der Waals surface area (Å²) in [4.78, 5) is 0. The largest absolute Gasteiger partial charge is 0.308 e. The molecule has 0 aliphatic rings. The van der Waals surface area contributed by atoms with Crippen LogP contribution in [0, 0.1) is 0 Å². The van der Waals surface area contributed by atoms with Gasteiger partial charge in [-0.15, -0.1) is 0 Å². The fourth-order valence-electron chi connectivity index (χ4n) is 5.22. The molecule has 33 heavy (non-hydrogen) atoms. The van der Waals surface area contributed by atoms with Gasteiger partial charge < -0.3 is 9.13 Å². The van der Waals surface area contributed by atoms with Gasteiger partial charge in [0.2, 0.25) is 0 Å². The zero-order chi connectivity index (χ0) is 21.9. The molecule has 0 bridgehead atoms. The van der Waals surface area contributed by atoms with E-state index in [1.165, 1.54) is 21.5 Å². The summed E-state index contributed by atoms with van der Waals surface area (Å²) in [7, 11) is 0. The molecule has 0 amide bonds. The second kappa shape index (κ2) is 6.99. The van der Waals surface area contributed by atoms with E-state index in [1.54, 1.807) is 0 Å². The number of halogens is 1. The molecule has 2 heterocycles. The van der Waals surface area contributed by atoms with Crippen LogP contribution in [0.2, 0.25) is 5.02 Å². The normalized spacial score (nSPS) is 11.8. The van der Waals surface area contributed by atoms with Gasteiger partial charge in [0.1, 0.15) is 0 Å². The molecule has 0 N–H and O–H groups in total. The molecule has 7 aromatic rings. The summed E-state index contributed by atoms with van der Waals surface area (Å²) in [6, 6.07) is 40.4. The molecule has 0 aliphatic carbocycles. The summed E-state index contributed by atoms with van der Waals surface area (Å²) in [5.74, 6) is 0. The van der Waals surface area contributed by atoms with E-state index in [2.05, 4.69) is 124 Å². The predicted molar refractivity (Wildman–Crippen MR) is 140 cm³/mol. The summed E-state index contributed by atoms with van der Waals surface area (Å²) >= 11 is 7.25. The van der Waals surface area contributed by atoms with Crippen molar-refractivity contribution < 1.29 is 0 Å². The molecule has 0 fully saturated rings. The molecule has 3 heteroatoms. The summed E-state index contributed by atoms with van der Waals surface area (Å²) < 4.78 is 4.56. The number of para-hydroxylation sites is 4. The molecule has 0 unspecified atom stereocenters. The molecule has 0 radical (unpaired) electrons. The number of nitrogens with zero attached hydrogens (tertiary/aromatic N) is 2. The van der Waals surface area contributed by atoms with Gasteiger partial charge in [-0.3, -0.25) is 0 Å². The minimum absolute atomic E-state index is 0.732. The summed E-state index contributed by atoms with van der Waals surface area (Å²) in [6.07, 6.45) is 0. The number of aromatic nitrogens is 2. The zero-order valence-corrected chi connectivity index (χ0v) is 18.5. The van der Waals surface area contributed by atoms with Gasteiger partial charge in [0.25, 0.3) is 0 Å². The van der Waals surface area contributed by atoms with Crippen LogP contribution in [0.1, 0.15) is 0 Å². The summed E-state index contributed by atoms with van der Waals surface area (Å²) in [5.41, 5.74) is 6.57. The standard InChI is InChI=1S/C30H19ClN2/c31-30-28(32-24-14-5-1-10-20(24)21-11-2-6-15-25(21)32)18-9-19-29(30)33-26-16-7-3-12-22(26)23-13-4-8-17-27(23)33/h1-19H. The first kappa shape index (κ1) is 18.6. The molecule has 2 nitrogen and oxygen atoms in total. The SMILES string of the molecule is Clc1c(-n2c3ccccc3c3ccccc32)cccc1-n1c2ccccc2c2ccccc21. The predicted octanol–water partition coefficient (Wildman–Crippen LogP) is 8.53. The lowest BCUT2D eigenvalue weighted by molar-refractivity contribution is 1.13. The van der Waals surface area contributed by atoms with Gasteiger partial charge in [-0.1, -0.05) is 90.5 Å². The fraction of sp³-hybridized carbons (Fsp3) is 0. The van der Waals surface area contributed by atoms with E-state index in [-0.39, 0.29) is 0 Å². The van der Waals surface area contributed by atoms with E-state index in [0.29, 0.717) is 0 Å². The third-order valence-corrected chi connectivity index (χ3v) is 6.99. The first-order valence-electron chi connectivity index (χ1n) is 11.1. The molecular formula is C30H19ClN2. The topological polar surface area (TPSA) is 9.86 Å². The number of rotatable bonds is 2. The molecule has 0 saturated heterocycles.